The van der Waals surface area contributed by atoms with Crippen molar-refractivity contribution in [2.24, 2.45) is 0 Å². The Labute approximate surface area is 111 Å². The summed E-state index contributed by atoms with van der Waals surface area (Å²) in [5, 5.41) is 21.6. The Morgan fingerprint density at radius 1 is 1.32 bits per heavy atom. The monoisotopic (exact) mass is 288 g/mol. The van der Waals surface area contributed by atoms with Gasteiger partial charge in [-0.3, -0.25) is 0 Å². The van der Waals surface area contributed by atoms with Gasteiger partial charge < -0.3 is 15.5 Å². The van der Waals surface area contributed by atoms with Gasteiger partial charge in [0.2, 0.25) is 16.0 Å². The summed E-state index contributed by atoms with van der Waals surface area (Å²) in [6.45, 7) is 2.26. The fraction of sp³-hybridized carbons (Fsp3) is 0.600. The van der Waals surface area contributed by atoms with Crippen molar-refractivity contribution >= 4 is 16.0 Å². The molecule has 2 rings (SSSR count). The molecule has 0 aromatic carbocycles. The van der Waals surface area contributed by atoms with E-state index in [0.29, 0.717) is 12.5 Å². The maximum Gasteiger partial charge on any atom is 0.246 e. The quantitative estimate of drug-likeness (QED) is 0.626. The summed E-state index contributed by atoms with van der Waals surface area (Å²) in [4.78, 5) is 7.72. The number of nitrogens with zero attached hydrogens (tertiary/aromatic N) is 3. The Morgan fingerprint density at radius 2 is 1.84 bits per heavy atom. The van der Waals surface area contributed by atoms with Crippen molar-refractivity contribution in [2.45, 2.75) is 24.0 Å². The van der Waals surface area contributed by atoms with E-state index >= 15 is 0 Å². The molecule has 0 saturated carbocycles. The SMILES string of the molecule is CCNc1ncc(S(=O)(=O)N2CC(O)C(O)C2)cn1. The first-order chi connectivity index (χ1) is 8.95. The third-order valence-corrected chi connectivity index (χ3v) is 4.61. The average Bonchev–Trinajstić information content (AvgIpc) is 2.71. The Hall–Kier alpha value is -1.29. The second kappa shape index (κ2) is 5.37. The minimum atomic E-state index is -3.78. The molecule has 1 aliphatic rings. The molecule has 2 unspecified atom stereocenters. The minimum Gasteiger partial charge on any atom is -0.389 e. The van der Waals surface area contributed by atoms with Gasteiger partial charge in [-0.1, -0.05) is 0 Å². The lowest BCUT2D eigenvalue weighted by Gasteiger charge is -2.15. The normalized spacial score (nSPS) is 24.6. The number of hydrogen-bond donors (Lipinski definition) is 3. The van der Waals surface area contributed by atoms with Gasteiger partial charge in [0.05, 0.1) is 24.6 Å². The van der Waals surface area contributed by atoms with Crippen molar-refractivity contribution in [1.82, 2.24) is 14.3 Å². The molecule has 1 aliphatic heterocycles. The molecule has 1 aromatic rings. The lowest BCUT2D eigenvalue weighted by atomic mass is 10.3. The van der Waals surface area contributed by atoms with E-state index in [2.05, 4.69) is 15.3 Å². The summed E-state index contributed by atoms with van der Waals surface area (Å²) < 4.78 is 25.4. The van der Waals surface area contributed by atoms with Gasteiger partial charge in [-0.15, -0.1) is 0 Å². The van der Waals surface area contributed by atoms with E-state index in [1.54, 1.807) is 0 Å². The first kappa shape index (κ1) is 14.1. The zero-order valence-corrected chi connectivity index (χ0v) is 11.2. The topological polar surface area (TPSA) is 116 Å². The second-order valence-corrected chi connectivity index (χ2v) is 6.17. The summed E-state index contributed by atoms with van der Waals surface area (Å²) in [7, 11) is -3.78. The van der Waals surface area contributed by atoms with Crippen LogP contribution < -0.4 is 5.32 Å². The lowest BCUT2D eigenvalue weighted by Crippen LogP contribution is -2.30. The van der Waals surface area contributed by atoms with Crippen molar-refractivity contribution in [2.75, 3.05) is 25.0 Å². The molecule has 2 heterocycles. The number of rotatable bonds is 4. The molecule has 19 heavy (non-hydrogen) atoms. The van der Waals surface area contributed by atoms with Gasteiger partial charge >= 0.3 is 0 Å². The third-order valence-electron chi connectivity index (χ3n) is 2.83. The molecule has 1 aromatic heterocycles. The highest BCUT2D eigenvalue weighted by molar-refractivity contribution is 7.89. The number of aliphatic hydroxyl groups excluding tert-OH is 2. The van der Waals surface area contributed by atoms with Crippen LogP contribution in [0.1, 0.15) is 6.92 Å². The maximum absolute atomic E-state index is 12.2. The highest BCUT2D eigenvalue weighted by Gasteiger charge is 2.37. The predicted molar refractivity (Wildman–Crippen MR) is 67.0 cm³/mol. The van der Waals surface area contributed by atoms with Crippen molar-refractivity contribution < 1.29 is 18.6 Å². The number of hydrogen-bond acceptors (Lipinski definition) is 7. The molecule has 0 aliphatic carbocycles. The Bertz CT molecular complexity index is 523. The summed E-state index contributed by atoms with van der Waals surface area (Å²) in [6.07, 6.45) is 0.294. The van der Waals surface area contributed by atoms with Gasteiger partial charge in [-0.2, -0.15) is 4.31 Å². The predicted octanol–water partition coefficient (Wildman–Crippen LogP) is -1.37. The molecule has 106 valence electrons. The van der Waals surface area contributed by atoms with Crippen LogP contribution in [-0.2, 0) is 10.0 Å². The van der Waals surface area contributed by atoms with Gasteiger partial charge in [0.15, 0.2) is 0 Å². The molecule has 0 bridgehead atoms. The van der Waals surface area contributed by atoms with Crippen LogP contribution in [0.25, 0.3) is 0 Å². The number of aliphatic hydroxyl groups is 2. The first-order valence-electron chi connectivity index (χ1n) is 5.87. The first-order valence-corrected chi connectivity index (χ1v) is 7.31. The van der Waals surface area contributed by atoms with Crippen molar-refractivity contribution in [3.63, 3.8) is 0 Å². The number of anilines is 1. The van der Waals surface area contributed by atoms with E-state index in [-0.39, 0.29) is 18.0 Å². The van der Waals surface area contributed by atoms with Crippen LogP contribution in [0.3, 0.4) is 0 Å². The molecule has 0 radical (unpaired) electrons. The van der Waals surface area contributed by atoms with Crippen LogP contribution >= 0.6 is 0 Å². The molecule has 1 saturated heterocycles. The molecule has 0 spiro atoms. The van der Waals surface area contributed by atoms with Gasteiger partial charge in [-0.25, -0.2) is 18.4 Å². The van der Waals surface area contributed by atoms with Crippen molar-refractivity contribution in [3.8, 4) is 0 Å². The summed E-state index contributed by atoms with van der Waals surface area (Å²) in [6, 6.07) is 0. The van der Waals surface area contributed by atoms with Crippen LogP contribution in [0.5, 0.6) is 0 Å². The van der Waals surface area contributed by atoms with Gasteiger partial charge in [0.25, 0.3) is 0 Å². The number of β-amino-alcohol motifs (C(OH)–C–C–N with tert-alkyl or cyclic N) is 2. The standard InChI is InChI=1S/C10H16N4O4S/c1-2-11-10-12-3-7(4-13-10)19(17,18)14-5-8(15)9(16)6-14/h3-4,8-9,15-16H,2,5-6H2,1H3,(H,11,12,13). The highest BCUT2D eigenvalue weighted by atomic mass is 32.2. The van der Waals surface area contributed by atoms with E-state index in [0.717, 1.165) is 4.31 Å². The Kier molecular flexibility index (Phi) is 3.99. The van der Waals surface area contributed by atoms with Crippen LogP contribution in [0.2, 0.25) is 0 Å². The zero-order chi connectivity index (χ0) is 14.0. The molecular formula is C10H16N4O4S. The molecule has 0 amide bonds. The fourth-order valence-electron chi connectivity index (χ4n) is 1.78. The van der Waals surface area contributed by atoms with Crippen molar-refractivity contribution in [3.05, 3.63) is 12.4 Å². The smallest absolute Gasteiger partial charge is 0.246 e. The lowest BCUT2D eigenvalue weighted by molar-refractivity contribution is 0.0572. The van der Waals surface area contributed by atoms with Crippen LogP contribution in [-0.4, -0.2) is 64.7 Å². The van der Waals surface area contributed by atoms with E-state index in [1.165, 1.54) is 12.4 Å². The average molecular weight is 288 g/mol. The molecule has 3 N–H and O–H groups in total. The van der Waals surface area contributed by atoms with E-state index in [9.17, 15) is 18.6 Å². The van der Waals surface area contributed by atoms with Gasteiger partial charge in [0, 0.05) is 19.6 Å². The third kappa shape index (κ3) is 2.84. The van der Waals surface area contributed by atoms with Crippen LogP contribution in [0.15, 0.2) is 17.3 Å². The number of nitrogens with one attached hydrogen (secondary N) is 1. The summed E-state index contributed by atoms with van der Waals surface area (Å²) >= 11 is 0. The van der Waals surface area contributed by atoms with Crippen LogP contribution in [0.4, 0.5) is 5.95 Å². The van der Waals surface area contributed by atoms with Gasteiger partial charge in [-0.05, 0) is 6.92 Å². The molecule has 8 nitrogen and oxygen atoms in total. The second-order valence-electron chi connectivity index (χ2n) is 4.23. The maximum atomic E-state index is 12.2. The molecule has 9 heteroatoms. The van der Waals surface area contributed by atoms with Gasteiger partial charge in [0.1, 0.15) is 4.90 Å². The van der Waals surface area contributed by atoms with E-state index < -0.39 is 22.2 Å². The van der Waals surface area contributed by atoms with Crippen molar-refractivity contribution in [1.29, 1.82) is 0 Å². The zero-order valence-electron chi connectivity index (χ0n) is 10.4. The summed E-state index contributed by atoms with van der Waals surface area (Å²) in [5.41, 5.74) is 0. The molecule has 1 fully saturated rings. The Morgan fingerprint density at radius 3 is 2.32 bits per heavy atom. The number of aromatic nitrogens is 2. The minimum absolute atomic E-state index is 0.0598. The Balaban J connectivity index is 2.20. The van der Waals surface area contributed by atoms with E-state index in [1.807, 2.05) is 6.92 Å². The molecular weight excluding hydrogens is 272 g/mol. The fourth-order valence-corrected chi connectivity index (χ4v) is 3.15. The molecule has 2 atom stereocenters. The van der Waals surface area contributed by atoms with E-state index in [4.69, 9.17) is 0 Å². The summed E-state index contributed by atoms with van der Waals surface area (Å²) in [5.74, 6) is 0.350. The van der Waals surface area contributed by atoms with Crippen LogP contribution in [0, 0.1) is 0 Å². The highest BCUT2D eigenvalue weighted by Crippen LogP contribution is 2.20. The number of sulfonamides is 1. The largest absolute Gasteiger partial charge is 0.389 e.